The summed E-state index contributed by atoms with van der Waals surface area (Å²) in [5, 5.41) is 2.96. The summed E-state index contributed by atoms with van der Waals surface area (Å²) in [4.78, 5) is 18.7. The molecule has 0 bridgehead atoms. The van der Waals surface area contributed by atoms with Gasteiger partial charge in [0.2, 0.25) is 5.91 Å². The molecule has 0 saturated carbocycles. The molecule has 0 atom stereocenters. The molecule has 1 aliphatic heterocycles. The van der Waals surface area contributed by atoms with Gasteiger partial charge in [0.15, 0.2) is 0 Å². The average molecular weight is 293 g/mol. The van der Waals surface area contributed by atoms with Gasteiger partial charge in [-0.25, -0.2) is 0 Å². The number of rotatable bonds is 5. The lowest BCUT2D eigenvalue weighted by Crippen LogP contribution is -2.39. The highest BCUT2D eigenvalue weighted by Crippen LogP contribution is 2.10. The third-order valence-electron chi connectivity index (χ3n) is 3.63. The van der Waals surface area contributed by atoms with Gasteiger partial charge in [0.25, 0.3) is 0 Å². The van der Waals surface area contributed by atoms with Crippen LogP contribution in [0.4, 0.5) is 0 Å². The van der Waals surface area contributed by atoms with E-state index < -0.39 is 0 Å². The molecule has 0 aliphatic carbocycles. The first-order valence-electron chi connectivity index (χ1n) is 7.48. The lowest BCUT2D eigenvalue weighted by atomic mass is 10.2. The average Bonchev–Trinajstić information content (AvgIpc) is 3.03. The predicted octanol–water partition coefficient (Wildman–Crippen LogP) is 2.07. The molecule has 1 N–H and O–H groups in total. The molecule has 4 heteroatoms. The third kappa shape index (κ3) is 3.52. The number of hydrogen-bond acceptors (Lipinski definition) is 3. The summed E-state index contributed by atoms with van der Waals surface area (Å²) in [7, 11) is 0. The lowest BCUT2D eigenvalue weighted by molar-refractivity contribution is -0.121. The van der Waals surface area contributed by atoms with Crippen molar-refractivity contribution >= 4 is 11.7 Å². The molecular formula is C18H19N3O. The molecule has 112 valence electrons. The minimum Gasteiger partial charge on any atom is -0.350 e. The zero-order valence-corrected chi connectivity index (χ0v) is 12.4. The zero-order chi connectivity index (χ0) is 15.2. The van der Waals surface area contributed by atoms with E-state index in [2.05, 4.69) is 10.3 Å². The highest BCUT2D eigenvalue weighted by atomic mass is 16.2. The zero-order valence-electron chi connectivity index (χ0n) is 12.4. The molecule has 2 aromatic rings. The van der Waals surface area contributed by atoms with Crippen LogP contribution in [0.5, 0.6) is 0 Å². The van der Waals surface area contributed by atoms with E-state index in [1.54, 1.807) is 0 Å². The summed E-state index contributed by atoms with van der Waals surface area (Å²) in [6.07, 6.45) is 0. The number of aliphatic imine (C=N–C) groups is 1. The molecule has 0 radical (unpaired) electrons. The van der Waals surface area contributed by atoms with Gasteiger partial charge in [0.1, 0.15) is 5.84 Å². The van der Waals surface area contributed by atoms with Crippen molar-refractivity contribution in [3.8, 4) is 0 Å². The van der Waals surface area contributed by atoms with Gasteiger partial charge in [-0.05, 0) is 5.56 Å². The van der Waals surface area contributed by atoms with Crippen LogP contribution in [0, 0.1) is 0 Å². The second-order valence-corrected chi connectivity index (χ2v) is 5.26. The molecule has 1 amide bonds. The molecule has 0 aromatic heterocycles. The third-order valence-corrected chi connectivity index (χ3v) is 3.63. The molecule has 2 aromatic carbocycles. The molecular weight excluding hydrogens is 274 g/mol. The number of hydrogen-bond donors (Lipinski definition) is 1. The van der Waals surface area contributed by atoms with Crippen LogP contribution in [0.15, 0.2) is 65.7 Å². The summed E-state index contributed by atoms with van der Waals surface area (Å²) in [6, 6.07) is 19.9. The summed E-state index contributed by atoms with van der Waals surface area (Å²) < 4.78 is 0. The number of nitrogens with zero attached hydrogens (tertiary/aromatic N) is 2. The number of benzene rings is 2. The van der Waals surface area contributed by atoms with Gasteiger partial charge in [0, 0.05) is 18.7 Å². The Bertz CT molecular complexity index is 653. The van der Waals surface area contributed by atoms with E-state index in [9.17, 15) is 4.79 Å². The second kappa shape index (κ2) is 6.89. The maximum atomic E-state index is 12.1. The summed E-state index contributed by atoms with van der Waals surface area (Å²) >= 11 is 0. The Hall–Kier alpha value is -2.62. The molecule has 22 heavy (non-hydrogen) atoms. The van der Waals surface area contributed by atoms with Crippen molar-refractivity contribution in [3.05, 3.63) is 71.8 Å². The Morgan fingerprint density at radius 2 is 1.73 bits per heavy atom. The van der Waals surface area contributed by atoms with Gasteiger partial charge in [-0.3, -0.25) is 9.79 Å². The highest BCUT2D eigenvalue weighted by molar-refractivity contribution is 6.01. The van der Waals surface area contributed by atoms with E-state index in [4.69, 9.17) is 0 Å². The van der Waals surface area contributed by atoms with Gasteiger partial charge in [-0.15, -0.1) is 0 Å². The maximum Gasteiger partial charge on any atom is 0.239 e. The molecule has 0 fully saturated rings. The van der Waals surface area contributed by atoms with Crippen LogP contribution < -0.4 is 5.32 Å². The number of carbonyl (C=O) groups excluding carboxylic acids is 1. The van der Waals surface area contributed by atoms with Crippen molar-refractivity contribution in [1.82, 2.24) is 10.2 Å². The first-order valence-corrected chi connectivity index (χ1v) is 7.48. The summed E-state index contributed by atoms with van der Waals surface area (Å²) in [5.74, 6) is 0.935. The molecule has 0 saturated heterocycles. The van der Waals surface area contributed by atoms with E-state index in [1.807, 2.05) is 65.6 Å². The minimum absolute atomic E-state index is 0.0226. The summed E-state index contributed by atoms with van der Waals surface area (Å²) in [5.41, 5.74) is 2.17. The van der Waals surface area contributed by atoms with E-state index in [0.29, 0.717) is 13.1 Å². The SMILES string of the molecule is O=C(CN1CCN=C1c1ccccc1)NCc1ccccc1. The normalized spacial score (nSPS) is 13.8. The van der Waals surface area contributed by atoms with Crippen molar-refractivity contribution in [2.45, 2.75) is 6.54 Å². The Labute approximate surface area is 130 Å². The Morgan fingerprint density at radius 1 is 1.05 bits per heavy atom. The summed E-state index contributed by atoms with van der Waals surface area (Å²) in [6.45, 7) is 2.45. The molecule has 0 spiro atoms. The Kier molecular flexibility index (Phi) is 4.49. The smallest absolute Gasteiger partial charge is 0.239 e. The van der Waals surface area contributed by atoms with Gasteiger partial charge in [0.05, 0.1) is 13.1 Å². The predicted molar refractivity (Wildman–Crippen MR) is 87.7 cm³/mol. The monoisotopic (exact) mass is 293 g/mol. The van der Waals surface area contributed by atoms with Crippen LogP contribution in [0.2, 0.25) is 0 Å². The van der Waals surface area contributed by atoms with Crippen molar-refractivity contribution in [2.75, 3.05) is 19.6 Å². The van der Waals surface area contributed by atoms with Crippen molar-refractivity contribution in [1.29, 1.82) is 0 Å². The molecule has 4 nitrogen and oxygen atoms in total. The van der Waals surface area contributed by atoms with Crippen LogP contribution in [0.1, 0.15) is 11.1 Å². The maximum absolute atomic E-state index is 12.1. The van der Waals surface area contributed by atoms with Gasteiger partial charge in [-0.1, -0.05) is 60.7 Å². The van der Waals surface area contributed by atoms with E-state index >= 15 is 0 Å². The van der Waals surface area contributed by atoms with E-state index in [-0.39, 0.29) is 5.91 Å². The van der Waals surface area contributed by atoms with E-state index in [0.717, 1.165) is 30.1 Å². The van der Waals surface area contributed by atoms with E-state index in [1.165, 1.54) is 0 Å². The fourth-order valence-electron chi connectivity index (χ4n) is 2.52. The van der Waals surface area contributed by atoms with Gasteiger partial charge >= 0.3 is 0 Å². The molecule has 1 heterocycles. The largest absolute Gasteiger partial charge is 0.350 e. The van der Waals surface area contributed by atoms with Crippen molar-refractivity contribution < 1.29 is 4.79 Å². The van der Waals surface area contributed by atoms with Gasteiger partial charge < -0.3 is 10.2 Å². The standard InChI is InChI=1S/C18H19N3O/c22-17(20-13-15-7-3-1-4-8-15)14-21-12-11-19-18(21)16-9-5-2-6-10-16/h1-10H,11-14H2,(H,20,22). The Balaban J connectivity index is 1.56. The molecule has 1 aliphatic rings. The Morgan fingerprint density at radius 3 is 2.45 bits per heavy atom. The number of amides is 1. The van der Waals surface area contributed by atoms with Crippen LogP contribution >= 0.6 is 0 Å². The van der Waals surface area contributed by atoms with Crippen LogP contribution in [-0.2, 0) is 11.3 Å². The van der Waals surface area contributed by atoms with Crippen LogP contribution in [-0.4, -0.2) is 36.3 Å². The number of amidine groups is 1. The second-order valence-electron chi connectivity index (χ2n) is 5.26. The fourth-order valence-corrected chi connectivity index (χ4v) is 2.52. The number of nitrogens with one attached hydrogen (secondary N) is 1. The number of carbonyl (C=O) groups is 1. The van der Waals surface area contributed by atoms with Crippen molar-refractivity contribution in [2.24, 2.45) is 4.99 Å². The van der Waals surface area contributed by atoms with Gasteiger partial charge in [-0.2, -0.15) is 0 Å². The van der Waals surface area contributed by atoms with Crippen LogP contribution in [0.25, 0.3) is 0 Å². The lowest BCUT2D eigenvalue weighted by Gasteiger charge is -2.20. The minimum atomic E-state index is 0.0226. The quantitative estimate of drug-likeness (QED) is 0.917. The first-order chi connectivity index (χ1) is 10.8. The van der Waals surface area contributed by atoms with Crippen LogP contribution in [0.3, 0.4) is 0 Å². The first kappa shape index (κ1) is 14.3. The highest BCUT2D eigenvalue weighted by Gasteiger charge is 2.20. The topological polar surface area (TPSA) is 44.7 Å². The van der Waals surface area contributed by atoms with Crippen molar-refractivity contribution in [3.63, 3.8) is 0 Å². The molecule has 3 rings (SSSR count). The fraction of sp³-hybridized carbons (Fsp3) is 0.222. The molecule has 0 unspecified atom stereocenters.